The summed E-state index contributed by atoms with van der Waals surface area (Å²) < 4.78 is 0. The first-order valence-corrected chi connectivity index (χ1v) is 10.8. The Hall–Kier alpha value is -3.99. The molecule has 32 heavy (non-hydrogen) atoms. The first kappa shape index (κ1) is 21.2. The van der Waals surface area contributed by atoms with Crippen LogP contribution in [0.1, 0.15) is 27.9 Å². The van der Waals surface area contributed by atoms with Gasteiger partial charge in [0.05, 0.1) is 5.69 Å². The summed E-state index contributed by atoms with van der Waals surface area (Å²) in [7, 11) is 0. The number of carbonyl (C=O) groups is 1. The van der Waals surface area contributed by atoms with Crippen LogP contribution in [0, 0.1) is 6.92 Å². The van der Waals surface area contributed by atoms with Crippen LogP contribution in [0.5, 0.6) is 0 Å². The topological polar surface area (TPSA) is 66.9 Å². The van der Waals surface area contributed by atoms with Gasteiger partial charge >= 0.3 is 0 Å². The van der Waals surface area contributed by atoms with E-state index in [0.29, 0.717) is 17.9 Å². The number of carbonyl (C=O) groups excluding carboxylic acids is 1. The number of nitrogens with one attached hydrogen (secondary N) is 2. The summed E-state index contributed by atoms with van der Waals surface area (Å²) in [6, 6.07) is 27.8. The third-order valence-electron chi connectivity index (χ3n) is 5.20. The second kappa shape index (κ2) is 10.4. The molecule has 0 aliphatic heterocycles. The van der Waals surface area contributed by atoms with E-state index in [4.69, 9.17) is 0 Å². The summed E-state index contributed by atoms with van der Waals surface area (Å²) >= 11 is 0. The summed E-state index contributed by atoms with van der Waals surface area (Å²) in [5, 5.41) is 6.27. The van der Waals surface area contributed by atoms with E-state index in [1.54, 1.807) is 6.33 Å². The second-order valence-electron chi connectivity index (χ2n) is 7.70. The van der Waals surface area contributed by atoms with E-state index in [2.05, 4.69) is 63.9 Å². The summed E-state index contributed by atoms with van der Waals surface area (Å²) in [6.07, 6.45) is 3.41. The van der Waals surface area contributed by atoms with E-state index in [-0.39, 0.29) is 5.91 Å². The van der Waals surface area contributed by atoms with E-state index in [1.165, 1.54) is 11.1 Å². The highest BCUT2D eigenvalue weighted by atomic mass is 16.1. The molecule has 4 aromatic rings. The average molecular weight is 423 g/mol. The number of hydrogen-bond acceptors (Lipinski definition) is 4. The van der Waals surface area contributed by atoms with Gasteiger partial charge < -0.3 is 10.6 Å². The lowest BCUT2D eigenvalue weighted by Gasteiger charge is -2.09. The molecule has 3 aromatic carbocycles. The molecule has 0 bridgehead atoms. The summed E-state index contributed by atoms with van der Waals surface area (Å²) in [5.41, 5.74) is 5.89. The Bertz CT molecular complexity index is 1160. The predicted molar refractivity (Wildman–Crippen MR) is 129 cm³/mol. The molecule has 0 aliphatic rings. The molecule has 0 saturated heterocycles. The summed E-state index contributed by atoms with van der Waals surface area (Å²) in [6.45, 7) is 2.71. The zero-order valence-corrected chi connectivity index (χ0v) is 18.1. The molecule has 1 aromatic heterocycles. The van der Waals surface area contributed by atoms with E-state index >= 15 is 0 Å². The van der Waals surface area contributed by atoms with Gasteiger partial charge in [-0.15, -0.1) is 0 Å². The molecule has 160 valence electrons. The lowest BCUT2D eigenvalue weighted by atomic mass is 10.1. The molecule has 0 atom stereocenters. The van der Waals surface area contributed by atoms with Crippen LogP contribution in [-0.2, 0) is 6.42 Å². The monoisotopic (exact) mass is 422 g/mol. The molecular formula is C27H26N4O. The van der Waals surface area contributed by atoms with E-state index in [1.807, 2.05) is 48.5 Å². The molecule has 0 aliphatic carbocycles. The Labute approximate surface area is 188 Å². The van der Waals surface area contributed by atoms with Crippen LogP contribution in [0.25, 0.3) is 11.3 Å². The van der Waals surface area contributed by atoms with E-state index in [0.717, 1.165) is 29.8 Å². The normalized spacial score (nSPS) is 10.5. The van der Waals surface area contributed by atoms with Crippen LogP contribution in [0.15, 0.2) is 91.3 Å². The van der Waals surface area contributed by atoms with Gasteiger partial charge in [-0.25, -0.2) is 9.97 Å². The van der Waals surface area contributed by atoms with Crippen LogP contribution in [0.3, 0.4) is 0 Å². The highest BCUT2D eigenvalue weighted by Crippen LogP contribution is 2.21. The largest absolute Gasteiger partial charge is 0.352 e. The molecule has 2 N–H and O–H groups in total. The molecule has 4 rings (SSSR count). The summed E-state index contributed by atoms with van der Waals surface area (Å²) in [5.74, 6) is 0.641. The minimum absolute atomic E-state index is 0.0618. The smallest absolute Gasteiger partial charge is 0.251 e. The molecule has 1 amide bonds. The molecule has 5 nitrogen and oxygen atoms in total. The number of anilines is 2. The third-order valence-corrected chi connectivity index (χ3v) is 5.20. The van der Waals surface area contributed by atoms with Crippen LogP contribution >= 0.6 is 0 Å². The third kappa shape index (κ3) is 5.79. The van der Waals surface area contributed by atoms with Crippen molar-refractivity contribution in [2.45, 2.75) is 19.8 Å². The fraction of sp³-hybridized carbons (Fsp3) is 0.148. The maximum Gasteiger partial charge on any atom is 0.251 e. The van der Waals surface area contributed by atoms with Crippen molar-refractivity contribution in [2.24, 2.45) is 0 Å². The quantitative estimate of drug-likeness (QED) is 0.365. The van der Waals surface area contributed by atoms with Crippen molar-refractivity contribution >= 4 is 17.4 Å². The maximum atomic E-state index is 12.4. The van der Waals surface area contributed by atoms with E-state index in [9.17, 15) is 4.79 Å². The van der Waals surface area contributed by atoms with Gasteiger partial charge in [-0.05, 0) is 49.6 Å². The second-order valence-corrected chi connectivity index (χ2v) is 7.70. The van der Waals surface area contributed by atoms with Gasteiger partial charge in [0.2, 0.25) is 0 Å². The molecule has 0 fully saturated rings. The predicted octanol–water partition coefficient (Wildman–Crippen LogP) is 5.56. The zero-order valence-electron chi connectivity index (χ0n) is 18.1. The number of amides is 1. The van der Waals surface area contributed by atoms with Crippen LogP contribution < -0.4 is 10.6 Å². The van der Waals surface area contributed by atoms with Crippen molar-refractivity contribution in [3.05, 3.63) is 108 Å². The van der Waals surface area contributed by atoms with Gasteiger partial charge in [-0.3, -0.25) is 4.79 Å². The lowest BCUT2D eigenvalue weighted by molar-refractivity contribution is 0.0953. The number of aryl methyl sites for hydroxylation is 2. The standard InChI is InChI=1S/C27H26N4O/c1-20-9-11-22(12-10-20)25-18-26(30-19-29-25)31-24-15-13-23(14-16-24)27(32)28-17-5-8-21-6-3-2-4-7-21/h2-4,6-7,9-16,18-19H,5,8,17H2,1H3,(H,28,32)(H,29,30,31). The molecule has 0 unspecified atom stereocenters. The van der Waals surface area contributed by atoms with Crippen LogP contribution in [0.4, 0.5) is 11.5 Å². The molecule has 0 radical (unpaired) electrons. The highest BCUT2D eigenvalue weighted by molar-refractivity contribution is 5.94. The Balaban J connectivity index is 1.31. The molecule has 0 saturated carbocycles. The van der Waals surface area contributed by atoms with Gasteiger partial charge in [-0.1, -0.05) is 60.2 Å². The fourth-order valence-corrected chi connectivity index (χ4v) is 3.40. The first-order valence-electron chi connectivity index (χ1n) is 10.8. The number of rotatable bonds is 8. The van der Waals surface area contributed by atoms with Gasteiger partial charge in [0.1, 0.15) is 12.1 Å². The Morgan fingerprint density at radius 1 is 0.875 bits per heavy atom. The SMILES string of the molecule is Cc1ccc(-c2cc(Nc3ccc(C(=O)NCCCc4ccccc4)cc3)ncn2)cc1. The molecular weight excluding hydrogens is 396 g/mol. The van der Waals surface area contributed by atoms with Gasteiger partial charge in [-0.2, -0.15) is 0 Å². The molecule has 5 heteroatoms. The van der Waals surface area contributed by atoms with Crippen molar-refractivity contribution in [1.29, 1.82) is 0 Å². The maximum absolute atomic E-state index is 12.4. The first-order chi connectivity index (χ1) is 15.7. The Kier molecular flexibility index (Phi) is 6.88. The minimum atomic E-state index is -0.0618. The van der Waals surface area contributed by atoms with Crippen LogP contribution in [0.2, 0.25) is 0 Å². The van der Waals surface area contributed by atoms with Crippen molar-refractivity contribution in [3.8, 4) is 11.3 Å². The Morgan fingerprint density at radius 3 is 2.38 bits per heavy atom. The Morgan fingerprint density at radius 2 is 1.62 bits per heavy atom. The highest BCUT2D eigenvalue weighted by Gasteiger charge is 2.06. The van der Waals surface area contributed by atoms with Crippen molar-refractivity contribution in [1.82, 2.24) is 15.3 Å². The summed E-state index contributed by atoms with van der Waals surface area (Å²) in [4.78, 5) is 21.1. The van der Waals surface area contributed by atoms with Gasteiger partial charge in [0, 0.05) is 29.4 Å². The van der Waals surface area contributed by atoms with Crippen molar-refractivity contribution < 1.29 is 4.79 Å². The molecule has 1 heterocycles. The van der Waals surface area contributed by atoms with Gasteiger partial charge in [0.25, 0.3) is 5.91 Å². The van der Waals surface area contributed by atoms with Crippen LogP contribution in [-0.4, -0.2) is 22.4 Å². The number of hydrogen-bond donors (Lipinski definition) is 2. The molecule has 0 spiro atoms. The number of benzene rings is 3. The number of nitrogens with zero attached hydrogens (tertiary/aromatic N) is 2. The van der Waals surface area contributed by atoms with Crippen molar-refractivity contribution in [2.75, 3.05) is 11.9 Å². The van der Waals surface area contributed by atoms with Gasteiger partial charge in [0.15, 0.2) is 0 Å². The zero-order chi connectivity index (χ0) is 22.2. The van der Waals surface area contributed by atoms with Crippen molar-refractivity contribution in [3.63, 3.8) is 0 Å². The fourth-order valence-electron chi connectivity index (χ4n) is 3.40. The average Bonchev–Trinajstić information content (AvgIpc) is 2.83. The number of aromatic nitrogens is 2. The lowest BCUT2D eigenvalue weighted by Crippen LogP contribution is -2.24. The van der Waals surface area contributed by atoms with E-state index < -0.39 is 0 Å². The minimum Gasteiger partial charge on any atom is -0.352 e.